The zero-order chi connectivity index (χ0) is 16.9. The highest BCUT2D eigenvalue weighted by atomic mass is 19.4. The van der Waals surface area contributed by atoms with Crippen LogP contribution in [0.5, 0.6) is 5.75 Å². The minimum Gasteiger partial charge on any atom is -0.457 e. The monoisotopic (exact) mass is 321 g/mol. The molecular formula is C16H10F3NO3. The predicted octanol–water partition coefficient (Wildman–Crippen LogP) is 3.81. The average molecular weight is 321 g/mol. The number of hydrogen-bond donors (Lipinski definition) is 0. The lowest BCUT2D eigenvalue weighted by Crippen LogP contribution is -2.17. The molecule has 2 rings (SSSR count). The molecule has 4 nitrogen and oxygen atoms in total. The molecule has 0 aromatic heterocycles. The fraction of sp³-hybridized carbons (Fsp3) is 0.125. The highest BCUT2D eigenvalue weighted by molar-refractivity contribution is 5.89. The van der Waals surface area contributed by atoms with Crippen molar-refractivity contribution < 1.29 is 27.4 Å². The number of benzene rings is 2. The maximum absolute atomic E-state index is 12.0. The van der Waals surface area contributed by atoms with Crippen molar-refractivity contribution in [2.75, 3.05) is 0 Å². The van der Waals surface area contributed by atoms with Gasteiger partial charge < -0.3 is 9.47 Å². The molecule has 0 radical (unpaired) electrons. The van der Waals surface area contributed by atoms with Crippen LogP contribution in [0.1, 0.15) is 21.5 Å². The van der Waals surface area contributed by atoms with Crippen molar-refractivity contribution in [2.24, 2.45) is 0 Å². The minimum absolute atomic E-state index is 0.00859. The maximum atomic E-state index is 12.0. The molecule has 0 saturated carbocycles. The normalized spacial score (nSPS) is 10.7. The molecule has 0 aliphatic rings. The van der Waals surface area contributed by atoms with Gasteiger partial charge in [-0.2, -0.15) is 5.26 Å². The lowest BCUT2D eigenvalue weighted by atomic mass is 10.1. The van der Waals surface area contributed by atoms with Gasteiger partial charge in [0.1, 0.15) is 12.4 Å². The number of alkyl halides is 3. The quantitative estimate of drug-likeness (QED) is 0.803. The van der Waals surface area contributed by atoms with Gasteiger partial charge in [0.25, 0.3) is 0 Å². The van der Waals surface area contributed by atoms with E-state index in [1.54, 1.807) is 24.3 Å². The summed E-state index contributed by atoms with van der Waals surface area (Å²) in [6.07, 6.45) is -4.78. The van der Waals surface area contributed by atoms with Gasteiger partial charge in [-0.25, -0.2) is 4.79 Å². The molecular weight excluding hydrogens is 311 g/mol. The van der Waals surface area contributed by atoms with Gasteiger partial charge in [0.2, 0.25) is 0 Å². The summed E-state index contributed by atoms with van der Waals surface area (Å²) < 4.78 is 44.8. The Balaban J connectivity index is 1.94. The first-order valence-electron chi connectivity index (χ1n) is 6.39. The predicted molar refractivity (Wildman–Crippen MR) is 73.4 cm³/mol. The fourth-order valence-corrected chi connectivity index (χ4v) is 1.70. The summed E-state index contributed by atoms with van der Waals surface area (Å²) in [7, 11) is 0. The highest BCUT2D eigenvalue weighted by Crippen LogP contribution is 2.23. The Morgan fingerprint density at radius 2 is 1.65 bits per heavy atom. The first kappa shape index (κ1) is 16.4. The third-order valence-corrected chi connectivity index (χ3v) is 2.78. The number of nitrogens with zero attached hydrogens (tertiary/aromatic N) is 1. The molecule has 0 heterocycles. The van der Waals surface area contributed by atoms with Crippen molar-refractivity contribution >= 4 is 5.97 Å². The number of halogens is 3. The van der Waals surface area contributed by atoms with Crippen molar-refractivity contribution in [3.8, 4) is 11.8 Å². The van der Waals surface area contributed by atoms with Gasteiger partial charge >= 0.3 is 12.3 Å². The van der Waals surface area contributed by atoms with Crippen molar-refractivity contribution in [1.82, 2.24) is 0 Å². The Hall–Kier alpha value is -3.01. The van der Waals surface area contributed by atoms with Gasteiger partial charge in [-0.3, -0.25) is 0 Å². The number of hydrogen-bond acceptors (Lipinski definition) is 4. The van der Waals surface area contributed by atoms with E-state index in [1.807, 2.05) is 6.07 Å². The molecule has 0 aliphatic carbocycles. The SMILES string of the molecule is N#Cc1ccc(COC(=O)c2ccc(OC(F)(F)F)cc2)cc1. The second-order valence-electron chi connectivity index (χ2n) is 4.46. The van der Waals surface area contributed by atoms with E-state index < -0.39 is 18.1 Å². The zero-order valence-corrected chi connectivity index (χ0v) is 11.6. The van der Waals surface area contributed by atoms with Gasteiger partial charge in [0.15, 0.2) is 0 Å². The summed E-state index contributed by atoms with van der Waals surface area (Å²) in [5.41, 5.74) is 1.28. The van der Waals surface area contributed by atoms with E-state index in [2.05, 4.69) is 4.74 Å². The second kappa shape index (κ2) is 6.83. The number of rotatable bonds is 4. The van der Waals surface area contributed by atoms with E-state index in [-0.39, 0.29) is 12.2 Å². The van der Waals surface area contributed by atoms with Crippen LogP contribution in [0.2, 0.25) is 0 Å². The van der Waals surface area contributed by atoms with Crippen LogP contribution in [0.4, 0.5) is 13.2 Å². The van der Waals surface area contributed by atoms with Crippen LogP contribution in [-0.2, 0) is 11.3 Å². The minimum atomic E-state index is -4.78. The van der Waals surface area contributed by atoms with Gasteiger partial charge in [0, 0.05) is 0 Å². The Kier molecular flexibility index (Phi) is 4.86. The maximum Gasteiger partial charge on any atom is 0.573 e. The van der Waals surface area contributed by atoms with Gasteiger partial charge in [-0.05, 0) is 42.0 Å². The molecule has 0 bridgehead atoms. The summed E-state index contributed by atoms with van der Waals surface area (Å²) >= 11 is 0. The summed E-state index contributed by atoms with van der Waals surface area (Å²) in [6.45, 7) is -0.00859. The molecule has 0 N–H and O–H groups in total. The topological polar surface area (TPSA) is 59.3 Å². The Morgan fingerprint density at radius 3 is 2.17 bits per heavy atom. The Bertz CT molecular complexity index is 716. The molecule has 2 aromatic rings. The Labute approximate surface area is 129 Å². The Morgan fingerprint density at radius 1 is 1.04 bits per heavy atom. The molecule has 0 fully saturated rings. The largest absolute Gasteiger partial charge is 0.573 e. The van der Waals surface area contributed by atoms with E-state index in [9.17, 15) is 18.0 Å². The van der Waals surface area contributed by atoms with Crippen molar-refractivity contribution in [3.05, 3.63) is 65.2 Å². The fourth-order valence-electron chi connectivity index (χ4n) is 1.70. The zero-order valence-electron chi connectivity index (χ0n) is 11.6. The van der Waals surface area contributed by atoms with Crippen LogP contribution >= 0.6 is 0 Å². The average Bonchev–Trinajstić information content (AvgIpc) is 2.52. The highest BCUT2D eigenvalue weighted by Gasteiger charge is 2.31. The number of carbonyl (C=O) groups excluding carboxylic acids is 1. The molecule has 0 saturated heterocycles. The van der Waals surface area contributed by atoms with Gasteiger partial charge in [-0.15, -0.1) is 13.2 Å². The van der Waals surface area contributed by atoms with Crippen LogP contribution < -0.4 is 4.74 Å². The van der Waals surface area contributed by atoms with Crippen LogP contribution in [0.25, 0.3) is 0 Å². The van der Waals surface area contributed by atoms with E-state index in [1.165, 1.54) is 12.1 Å². The number of nitriles is 1. The van der Waals surface area contributed by atoms with Crippen molar-refractivity contribution in [1.29, 1.82) is 5.26 Å². The van der Waals surface area contributed by atoms with Crippen LogP contribution in [-0.4, -0.2) is 12.3 Å². The van der Waals surface area contributed by atoms with E-state index in [0.29, 0.717) is 11.1 Å². The molecule has 7 heteroatoms. The van der Waals surface area contributed by atoms with Crippen LogP contribution in [0.3, 0.4) is 0 Å². The number of carbonyl (C=O) groups is 1. The standard InChI is InChI=1S/C16H10F3NO3/c17-16(18,19)23-14-7-5-13(6-8-14)15(21)22-10-12-3-1-11(9-20)2-4-12/h1-8H,10H2. The van der Waals surface area contributed by atoms with E-state index in [0.717, 1.165) is 12.1 Å². The van der Waals surface area contributed by atoms with E-state index in [4.69, 9.17) is 10.00 Å². The summed E-state index contributed by atoms with van der Waals surface area (Å²) in [4.78, 5) is 11.8. The molecule has 2 aromatic carbocycles. The summed E-state index contributed by atoms with van der Waals surface area (Å²) in [6, 6.07) is 12.9. The molecule has 23 heavy (non-hydrogen) atoms. The van der Waals surface area contributed by atoms with Crippen molar-refractivity contribution in [3.63, 3.8) is 0 Å². The summed E-state index contributed by atoms with van der Waals surface area (Å²) in [5.74, 6) is -1.09. The van der Waals surface area contributed by atoms with Gasteiger partial charge in [-0.1, -0.05) is 12.1 Å². The van der Waals surface area contributed by atoms with Crippen LogP contribution in [0, 0.1) is 11.3 Å². The lowest BCUT2D eigenvalue weighted by Gasteiger charge is -2.09. The second-order valence-corrected chi connectivity index (χ2v) is 4.46. The molecule has 0 aliphatic heterocycles. The first-order valence-corrected chi connectivity index (χ1v) is 6.39. The molecule has 118 valence electrons. The smallest absolute Gasteiger partial charge is 0.457 e. The van der Waals surface area contributed by atoms with Crippen LogP contribution in [0.15, 0.2) is 48.5 Å². The summed E-state index contributed by atoms with van der Waals surface area (Å²) in [5, 5.41) is 8.67. The first-order chi connectivity index (χ1) is 10.9. The van der Waals surface area contributed by atoms with Gasteiger partial charge in [0.05, 0.1) is 17.2 Å². The molecule has 0 atom stereocenters. The number of esters is 1. The lowest BCUT2D eigenvalue weighted by molar-refractivity contribution is -0.274. The van der Waals surface area contributed by atoms with E-state index >= 15 is 0 Å². The van der Waals surface area contributed by atoms with Crippen molar-refractivity contribution in [2.45, 2.75) is 13.0 Å². The third-order valence-electron chi connectivity index (χ3n) is 2.78. The third kappa shape index (κ3) is 5.04. The molecule has 0 amide bonds. The molecule has 0 unspecified atom stereocenters. The number of ether oxygens (including phenoxy) is 2. The molecule has 0 spiro atoms.